The maximum atomic E-state index is 11.6. The smallest absolute Gasteiger partial charge is 0.288 e. The van der Waals surface area contributed by atoms with E-state index in [9.17, 15) is 14.9 Å². The highest BCUT2D eigenvalue weighted by Gasteiger charge is 2.37. The first-order chi connectivity index (χ1) is 11.2. The summed E-state index contributed by atoms with van der Waals surface area (Å²) in [4.78, 5) is 28.1. The van der Waals surface area contributed by atoms with Gasteiger partial charge in [-0.2, -0.15) is 0 Å². The molecule has 1 heterocycles. The fourth-order valence-electron chi connectivity index (χ4n) is 3.49. The van der Waals surface area contributed by atoms with Crippen LogP contribution in [0.4, 0.5) is 11.5 Å². The fraction of sp³-hybridized carbons (Fsp3) is 0.625. The summed E-state index contributed by atoms with van der Waals surface area (Å²) in [5, 5.41) is 14.1. The third-order valence-corrected chi connectivity index (χ3v) is 4.95. The summed E-state index contributed by atoms with van der Waals surface area (Å²) in [6.45, 7) is 2.85. The quantitative estimate of drug-likeness (QED) is 0.607. The SMILES string of the molecule is CC1CCCC(CNc2ncc([N+](=O)[O-])cc2C(N)=O)(N(C)C)C1. The van der Waals surface area contributed by atoms with E-state index in [2.05, 4.69) is 36.2 Å². The number of amides is 1. The average molecular weight is 335 g/mol. The van der Waals surface area contributed by atoms with Crippen molar-refractivity contribution >= 4 is 17.4 Å². The van der Waals surface area contributed by atoms with Crippen molar-refractivity contribution in [2.45, 2.75) is 38.1 Å². The van der Waals surface area contributed by atoms with Gasteiger partial charge in [-0.25, -0.2) is 4.98 Å². The summed E-state index contributed by atoms with van der Waals surface area (Å²) in [6.07, 6.45) is 5.61. The molecule has 8 heteroatoms. The fourth-order valence-corrected chi connectivity index (χ4v) is 3.49. The van der Waals surface area contributed by atoms with E-state index in [1.54, 1.807) is 0 Å². The molecule has 1 aliphatic rings. The van der Waals surface area contributed by atoms with E-state index in [1.807, 2.05) is 0 Å². The van der Waals surface area contributed by atoms with Crippen LogP contribution in [-0.4, -0.2) is 46.9 Å². The second-order valence-electron chi connectivity index (χ2n) is 6.88. The molecular formula is C16H25N5O3. The van der Waals surface area contributed by atoms with Crippen molar-refractivity contribution in [1.82, 2.24) is 9.88 Å². The Morgan fingerprint density at radius 1 is 1.58 bits per heavy atom. The van der Waals surface area contributed by atoms with Crippen molar-refractivity contribution < 1.29 is 9.72 Å². The van der Waals surface area contributed by atoms with Crippen molar-refractivity contribution in [2.75, 3.05) is 26.0 Å². The molecule has 0 aromatic carbocycles. The number of primary amides is 1. The molecule has 2 atom stereocenters. The zero-order valence-electron chi connectivity index (χ0n) is 14.4. The summed E-state index contributed by atoms with van der Waals surface area (Å²) in [6, 6.07) is 1.17. The van der Waals surface area contributed by atoms with Gasteiger partial charge in [-0.05, 0) is 32.9 Å². The topological polar surface area (TPSA) is 114 Å². The van der Waals surface area contributed by atoms with Crippen molar-refractivity contribution in [2.24, 2.45) is 11.7 Å². The summed E-state index contributed by atoms with van der Waals surface area (Å²) in [5.41, 5.74) is 5.12. The zero-order chi connectivity index (χ0) is 17.9. The van der Waals surface area contributed by atoms with E-state index in [1.165, 1.54) is 12.5 Å². The van der Waals surface area contributed by atoms with E-state index in [-0.39, 0.29) is 16.8 Å². The minimum atomic E-state index is -0.732. The second-order valence-corrected chi connectivity index (χ2v) is 6.88. The van der Waals surface area contributed by atoms with Crippen molar-refractivity contribution in [1.29, 1.82) is 0 Å². The lowest BCUT2D eigenvalue weighted by Gasteiger charge is -2.45. The van der Waals surface area contributed by atoms with Crippen LogP contribution in [0, 0.1) is 16.0 Å². The largest absolute Gasteiger partial charge is 0.368 e. The van der Waals surface area contributed by atoms with Crippen LogP contribution in [-0.2, 0) is 0 Å². The molecule has 24 heavy (non-hydrogen) atoms. The van der Waals surface area contributed by atoms with E-state index in [4.69, 9.17) is 5.73 Å². The summed E-state index contributed by atoms with van der Waals surface area (Å²) in [7, 11) is 4.11. The number of carbonyl (C=O) groups is 1. The molecule has 2 rings (SSSR count). The van der Waals surface area contributed by atoms with Crippen molar-refractivity contribution in [3.05, 3.63) is 27.9 Å². The van der Waals surface area contributed by atoms with Crippen LogP contribution in [0.3, 0.4) is 0 Å². The molecule has 1 amide bonds. The molecule has 8 nitrogen and oxygen atoms in total. The number of nitrogens with zero attached hydrogens (tertiary/aromatic N) is 3. The Bertz CT molecular complexity index is 634. The molecule has 1 fully saturated rings. The number of nitro groups is 1. The molecule has 1 aromatic heterocycles. The predicted octanol–water partition coefficient (Wildman–Crippen LogP) is 2.01. The molecule has 3 N–H and O–H groups in total. The van der Waals surface area contributed by atoms with Gasteiger partial charge in [0.05, 0.1) is 10.5 Å². The molecule has 0 aliphatic heterocycles. The second kappa shape index (κ2) is 7.12. The summed E-state index contributed by atoms with van der Waals surface area (Å²) in [5.74, 6) is 0.195. The Kier molecular flexibility index (Phi) is 5.38. The lowest BCUT2D eigenvalue weighted by Crippen LogP contribution is -2.52. The Morgan fingerprint density at radius 3 is 2.83 bits per heavy atom. The third kappa shape index (κ3) is 3.81. The van der Waals surface area contributed by atoms with Gasteiger partial charge in [0.2, 0.25) is 0 Å². The molecule has 0 radical (unpaired) electrons. The van der Waals surface area contributed by atoms with E-state index >= 15 is 0 Å². The maximum Gasteiger partial charge on any atom is 0.288 e. The number of anilines is 1. The van der Waals surface area contributed by atoms with E-state index in [0.717, 1.165) is 25.5 Å². The molecule has 1 aromatic rings. The lowest BCUT2D eigenvalue weighted by molar-refractivity contribution is -0.385. The minimum absolute atomic E-state index is 0.0317. The van der Waals surface area contributed by atoms with Gasteiger partial charge in [0.15, 0.2) is 0 Å². The Morgan fingerprint density at radius 2 is 2.29 bits per heavy atom. The van der Waals surface area contributed by atoms with Crippen LogP contribution < -0.4 is 11.1 Å². The number of rotatable bonds is 6. The summed E-state index contributed by atoms with van der Waals surface area (Å²) >= 11 is 0. The number of carbonyl (C=O) groups excluding carboxylic acids is 1. The first-order valence-electron chi connectivity index (χ1n) is 8.11. The van der Waals surface area contributed by atoms with Crippen molar-refractivity contribution in [3.8, 4) is 0 Å². The van der Waals surface area contributed by atoms with Gasteiger partial charge in [-0.3, -0.25) is 14.9 Å². The van der Waals surface area contributed by atoms with Gasteiger partial charge in [-0.1, -0.05) is 19.8 Å². The molecule has 2 unspecified atom stereocenters. The number of nitrogens with two attached hydrogens (primary N) is 1. The highest BCUT2D eigenvalue weighted by atomic mass is 16.6. The van der Waals surface area contributed by atoms with Crippen LogP contribution in [0.25, 0.3) is 0 Å². The highest BCUT2D eigenvalue weighted by Crippen LogP contribution is 2.36. The number of pyridine rings is 1. The third-order valence-electron chi connectivity index (χ3n) is 4.95. The van der Waals surface area contributed by atoms with Crippen LogP contribution in [0.15, 0.2) is 12.3 Å². The van der Waals surface area contributed by atoms with Gasteiger partial charge in [-0.15, -0.1) is 0 Å². The minimum Gasteiger partial charge on any atom is -0.368 e. The van der Waals surface area contributed by atoms with Gasteiger partial charge in [0, 0.05) is 18.2 Å². The molecule has 0 saturated heterocycles. The van der Waals surface area contributed by atoms with Gasteiger partial charge >= 0.3 is 0 Å². The number of aromatic nitrogens is 1. The molecule has 0 bridgehead atoms. The molecule has 1 aliphatic carbocycles. The van der Waals surface area contributed by atoms with Crippen LogP contribution in [0.5, 0.6) is 0 Å². The standard InChI is InChI=1S/C16H25N5O3/c1-11-5-4-6-16(8-11,20(2)3)10-19-15-13(14(17)22)7-12(9-18-15)21(23)24/h7,9,11H,4-6,8,10H2,1-3H3,(H2,17,22)(H,18,19). The highest BCUT2D eigenvalue weighted by molar-refractivity contribution is 5.98. The monoisotopic (exact) mass is 335 g/mol. The number of hydrogen-bond acceptors (Lipinski definition) is 6. The van der Waals surface area contributed by atoms with E-state index in [0.29, 0.717) is 18.3 Å². The summed E-state index contributed by atoms with van der Waals surface area (Å²) < 4.78 is 0. The number of nitrogens with one attached hydrogen (secondary N) is 1. The van der Waals surface area contributed by atoms with Crippen molar-refractivity contribution in [3.63, 3.8) is 0 Å². The Labute approximate surface area is 141 Å². The Balaban J connectivity index is 2.23. The van der Waals surface area contributed by atoms with E-state index < -0.39 is 10.8 Å². The van der Waals surface area contributed by atoms with Gasteiger partial charge in [0.1, 0.15) is 12.0 Å². The maximum absolute atomic E-state index is 11.6. The number of likely N-dealkylation sites (N-methyl/N-ethyl adjacent to an activating group) is 1. The molecule has 0 spiro atoms. The average Bonchev–Trinajstić information content (AvgIpc) is 2.52. The molecule has 1 saturated carbocycles. The van der Waals surface area contributed by atoms with Crippen LogP contribution >= 0.6 is 0 Å². The predicted molar refractivity (Wildman–Crippen MR) is 91.9 cm³/mol. The Hall–Kier alpha value is -2.22. The zero-order valence-corrected chi connectivity index (χ0v) is 14.4. The first-order valence-corrected chi connectivity index (χ1v) is 8.11. The van der Waals surface area contributed by atoms with Gasteiger partial charge in [0.25, 0.3) is 11.6 Å². The van der Waals surface area contributed by atoms with Gasteiger partial charge < -0.3 is 16.0 Å². The normalized spacial score (nSPS) is 23.9. The lowest BCUT2D eigenvalue weighted by atomic mass is 9.75. The van der Waals surface area contributed by atoms with Crippen LogP contribution in [0.1, 0.15) is 43.0 Å². The van der Waals surface area contributed by atoms with Crippen LogP contribution in [0.2, 0.25) is 0 Å². The number of hydrogen-bond donors (Lipinski definition) is 2. The molecule has 132 valence electrons. The molecular weight excluding hydrogens is 310 g/mol. The first kappa shape index (κ1) is 18.1.